The molecule has 1 atom stereocenters. The van der Waals surface area contributed by atoms with E-state index in [-0.39, 0.29) is 22.6 Å². The van der Waals surface area contributed by atoms with Gasteiger partial charge in [-0.3, -0.25) is 14.3 Å². The summed E-state index contributed by atoms with van der Waals surface area (Å²) in [5.74, 6) is -0.434. The summed E-state index contributed by atoms with van der Waals surface area (Å²) in [4.78, 5) is 27.2. The maximum atomic E-state index is 13.0. The molecule has 0 unspecified atom stereocenters. The molecule has 166 valence electrons. The number of nitrogens with zero attached hydrogens (tertiary/aromatic N) is 1. The Bertz CT molecular complexity index is 1050. The van der Waals surface area contributed by atoms with Crippen molar-refractivity contribution >= 4 is 27.5 Å². The van der Waals surface area contributed by atoms with Crippen molar-refractivity contribution in [1.29, 1.82) is 0 Å². The van der Waals surface area contributed by atoms with Crippen molar-refractivity contribution in [3.8, 4) is 0 Å². The Balaban J connectivity index is 1.73. The number of hydrogen-bond donors (Lipinski definition) is 2. The molecule has 0 aliphatic carbocycles. The lowest BCUT2D eigenvalue weighted by molar-refractivity contribution is -0.126. The largest absolute Gasteiger partial charge is 0.356 e. The Kier molecular flexibility index (Phi) is 7.33. The first kappa shape index (κ1) is 22.8. The molecule has 2 aromatic rings. The van der Waals surface area contributed by atoms with E-state index < -0.39 is 10.0 Å². The first-order valence-corrected chi connectivity index (χ1v) is 12.1. The van der Waals surface area contributed by atoms with Crippen molar-refractivity contribution in [2.24, 2.45) is 5.92 Å². The molecule has 7 nitrogen and oxygen atoms in total. The number of piperidine rings is 1. The van der Waals surface area contributed by atoms with E-state index in [2.05, 4.69) is 10.0 Å². The van der Waals surface area contributed by atoms with Crippen LogP contribution in [0.5, 0.6) is 0 Å². The van der Waals surface area contributed by atoms with Crippen LogP contribution in [0, 0.1) is 12.8 Å². The van der Waals surface area contributed by atoms with Gasteiger partial charge >= 0.3 is 0 Å². The molecule has 2 aromatic carbocycles. The first-order valence-electron chi connectivity index (χ1n) is 10.6. The van der Waals surface area contributed by atoms with Gasteiger partial charge in [0.2, 0.25) is 5.91 Å². The van der Waals surface area contributed by atoms with Gasteiger partial charge in [-0.1, -0.05) is 31.2 Å². The lowest BCUT2D eigenvalue weighted by Crippen LogP contribution is -2.45. The van der Waals surface area contributed by atoms with E-state index in [1.165, 1.54) is 0 Å². The summed E-state index contributed by atoms with van der Waals surface area (Å²) in [5, 5.41) is 2.90. The fourth-order valence-corrected chi connectivity index (χ4v) is 5.03. The molecular formula is C23H29N3O4S. The zero-order valence-electron chi connectivity index (χ0n) is 17.9. The van der Waals surface area contributed by atoms with Gasteiger partial charge in [0, 0.05) is 30.9 Å². The van der Waals surface area contributed by atoms with Gasteiger partial charge in [0.1, 0.15) is 0 Å². The second-order valence-electron chi connectivity index (χ2n) is 7.83. The van der Waals surface area contributed by atoms with Crippen molar-refractivity contribution in [1.82, 2.24) is 10.2 Å². The third-order valence-electron chi connectivity index (χ3n) is 5.37. The summed E-state index contributed by atoms with van der Waals surface area (Å²) < 4.78 is 28.1. The number of carbonyl (C=O) groups is 2. The number of hydrogen-bond acceptors (Lipinski definition) is 4. The van der Waals surface area contributed by atoms with Crippen LogP contribution in [0.2, 0.25) is 0 Å². The highest BCUT2D eigenvalue weighted by atomic mass is 32.2. The van der Waals surface area contributed by atoms with Crippen LogP contribution < -0.4 is 10.0 Å². The predicted molar refractivity (Wildman–Crippen MR) is 120 cm³/mol. The minimum Gasteiger partial charge on any atom is -0.356 e. The van der Waals surface area contributed by atoms with Crippen molar-refractivity contribution in [2.45, 2.75) is 38.0 Å². The highest BCUT2D eigenvalue weighted by Gasteiger charge is 2.29. The zero-order valence-corrected chi connectivity index (χ0v) is 18.7. The number of sulfonamides is 1. The van der Waals surface area contributed by atoms with Crippen LogP contribution in [0.4, 0.5) is 5.69 Å². The summed E-state index contributed by atoms with van der Waals surface area (Å²) in [7, 11) is -3.77. The van der Waals surface area contributed by atoms with E-state index in [1.807, 2.05) is 6.92 Å². The van der Waals surface area contributed by atoms with Crippen LogP contribution in [-0.2, 0) is 14.8 Å². The van der Waals surface area contributed by atoms with E-state index >= 15 is 0 Å². The molecule has 2 amide bonds. The second-order valence-corrected chi connectivity index (χ2v) is 9.48. The van der Waals surface area contributed by atoms with E-state index in [1.54, 1.807) is 60.4 Å². The molecule has 2 N–H and O–H groups in total. The zero-order chi connectivity index (χ0) is 22.4. The average Bonchev–Trinajstić information content (AvgIpc) is 2.77. The minimum atomic E-state index is -3.77. The Labute approximate surface area is 183 Å². The van der Waals surface area contributed by atoms with E-state index in [4.69, 9.17) is 0 Å². The molecule has 3 rings (SSSR count). The fraction of sp³-hybridized carbons (Fsp3) is 0.391. The molecule has 1 fully saturated rings. The molecule has 31 heavy (non-hydrogen) atoms. The minimum absolute atomic E-state index is 0.0147. The third kappa shape index (κ3) is 5.64. The molecule has 1 aliphatic rings. The SMILES string of the molecule is CCCNC(=O)[C@H]1CCCN(C(=O)c2cccc(NS(=O)(=O)c3ccccc3C)c2)C1. The number of rotatable bonds is 7. The highest BCUT2D eigenvalue weighted by Crippen LogP contribution is 2.22. The summed E-state index contributed by atoms with van der Waals surface area (Å²) in [6, 6.07) is 13.2. The lowest BCUT2D eigenvalue weighted by atomic mass is 9.96. The molecule has 0 bridgehead atoms. The van der Waals surface area contributed by atoms with Gasteiger partial charge < -0.3 is 10.2 Å². The molecule has 8 heteroatoms. The Morgan fingerprint density at radius 1 is 1.13 bits per heavy atom. The predicted octanol–water partition coefficient (Wildman–Crippen LogP) is 3.17. The van der Waals surface area contributed by atoms with Crippen molar-refractivity contribution in [2.75, 3.05) is 24.4 Å². The number of nitrogens with one attached hydrogen (secondary N) is 2. The number of anilines is 1. The van der Waals surface area contributed by atoms with E-state index in [0.717, 1.165) is 19.3 Å². The van der Waals surface area contributed by atoms with Crippen LogP contribution in [-0.4, -0.2) is 44.8 Å². The van der Waals surface area contributed by atoms with Gasteiger partial charge in [0.25, 0.3) is 15.9 Å². The summed E-state index contributed by atoms with van der Waals surface area (Å²) in [6.45, 7) is 5.31. The first-order chi connectivity index (χ1) is 14.8. The Morgan fingerprint density at radius 2 is 1.90 bits per heavy atom. The molecule has 1 heterocycles. The molecule has 0 saturated carbocycles. The van der Waals surface area contributed by atoms with Crippen LogP contribution in [0.3, 0.4) is 0 Å². The maximum absolute atomic E-state index is 13.0. The normalized spacial score (nSPS) is 16.6. The topological polar surface area (TPSA) is 95.6 Å². The van der Waals surface area contributed by atoms with Crippen LogP contribution in [0.1, 0.15) is 42.1 Å². The van der Waals surface area contributed by atoms with Gasteiger partial charge in [-0.2, -0.15) is 0 Å². The highest BCUT2D eigenvalue weighted by molar-refractivity contribution is 7.92. The average molecular weight is 444 g/mol. The number of carbonyl (C=O) groups excluding carboxylic acids is 2. The smallest absolute Gasteiger partial charge is 0.262 e. The van der Waals surface area contributed by atoms with E-state index in [9.17, 15) is 18.0 Å². The van der Waals surface area contributed by atoms with Gasteiger partial charge in [-0.15, -0.1) is 0 Å². The van der Waals surface area contributed by atoms with Crippen molar-refractivity contribution < 1.29 is 18.0 Å². The summed E-state index contributed by atoms with van der Waals surface area (Å²) in [6.07, 6.45) is 2.39. The van der Waals surface area contributed by atoms with Crippen LogP contribution in [0.25, 0.3) is 0 Å². The number of amides is 2. The maximum Gasteiger partial charge on any atom is 0.262 e. The summed E-state index contributed by atoms with van der Waals surface area (Å²) in [5.41, 5.74) is 1.35. The summed E-state index contributed by atoms with van der Waals surface area (Å²) >= 11 is 0. The number of benzene rings is 2. The van der Waals surface area contributed by atoms with Crippen molar-refractivity contribution in [3.05, 3.63) is 59.7 Å². The van der Waals surface area contributed by atoms with E-state index in [0.29, 0.717) is 36.4 Å². The van der Waals surface area contributed by atoms with Crippen molar-refractivity contribution in [3.63, 3.8) is 0 Å². The quantitative estimate of drug-likeness (QED) is 0.687. The van der Waals surface area contributed by atoms with Gasteiger partial charge in [0.15, 0.2) is 0 Å². The molecule has 1 aliphatic heterocycles. The number of likely N-dealkylation sites (tertiary alicyclic amines) is 1. The van der Waals surface area contributed by atoms with Gasteiger partial charge in [-0.05, 0) is 56.0 Å². The van der Waals surface area contributed by atoms with Crippen LogP contribution in [0.15, 0.2) is 53.4 Å². The standard InChI is InChI=1S/C23H29N3O4S/c1-3-13-24-22(27)19-10-7-14-26(16-19)23(28)18-9-6-11-20(15-18)25-31(29,30)21-12-5-4-8-17(21)2/h4-6,8-9,11-12,15,19,25H,3,7,10,13-14,16H2,1-2H3,(H,24,27)/t19-/m0/s1. The molecule has 0 aromatic heterocycles. The molecule has 1 saturated heterocycles. The molecule has 0 radical (unpaired) electrons. The monoisotopic (exact) mass is 443 g/mol. The van der Waals surface area contributed by atoms with Crippen LogP contribution >= 0.6 is 0 Å². The molecular weight excluding hydrogens is 414 g/mol. The fourth-order valence-electron chi connectivity index (χ4n) is 3.73. The Hall–Kier alpha value is -2.87. The Morgan fingerprint density at radius 3 is 2.65 bits per heavy atom. The number of aryl methyl sites for hydroxylation is 1. The third-order valence-corrected chi connectivity index (χ3v) is 6.91. The molecule has 0 spiro atoms. The second kappa shape index (κ2) is 9.96. The lowest BCUT2D eigenvalue weighted by Gasteiger charge is -2.32. The van der Waals surface area contributed by atoms with Gasteiger partial charge in [-0.25, -0.2) is 8.42 Å². The van der Waals surface area contributed by atoms with Gasteiger partial charge in [0.05, 0.1) is 10.8 Å².